The van der Waals surface area contributed by atoms with Crippen LogP contribution in [0.2, 0.25) is 0 Å². The minimum Gasteiger partial charge on any atom is -0.373 e. The summed E-state index contributed by atoms with van der Waals surface area (Å²) in [4.78, 5) is 2.77. The molecule has 3 unspecified atom stereocenters. The largest absolute Gasteiger partial charge is 0.373 e. The molecule has 47 heavy (non-hydrogen) atoms. The summed E-state index contributed by atoms with van der Waals surface area (Å²) in [6, 6.07) is 52.0. The van der Waals surface area contributed by atoms with Gasteiger partial charge in [0.25, 0.3) is 0 Å². The number of thiophene rings is 1. The standard InChI is InChI=1S/C43H27N3S/c1-2-11-25(12-3-1)40-42(45-33-18-8-7-17-32(33)44-40)46-34-19-10-13-24-21-22-27-29-23-30-26-14-5-9-20-35(26)47-41(30)37-28-15-4-6-16-31(28)43(46,39(29)37)38(27)36(24)34/h1-23,40,42,44-45H. The van der Waals surface area contributed by atoms with Crippen LogP contribution in [-0.2, 0) is 5.54 Å². The van der Waals surface area contributed by atoms with Crippen molar-refractivity contribution in [3.8, 4) is 22.3 Å². The number of hydrogen-bond acceptors (Lipinski definition) is 4. The first kappa shape index (κ1) is 24.6. The van der Waals surface area contributed by atoms with E-state index in [0.29, 0.717) is 0 Å². The zero-order valence-electron chi connectivity index (χ0n) is 25.3. The van der Waals surface area contributed by atoms with E-state index in [9.17, 15) is 0 Å². The van der Waals surface area contributed by atoms with Crippen molar-refractivity contribution in [2.75, 3.05) is 15.5 Å². The van der Waals surface area contributed by atoms with Crippen LogP contribution in [0.4, 0.5) is 17.1 Å². The van der Waals surface area contributed by atoms with E-state index in [2.05, 4.69) is 155 Å². The first-order chi connectivity index (χ1) is 23.3. The van der Waals surface area contributed by atoms with Crippen molar-refractivity contribution in [2.24, 2.45) is 0 Å². The molecule has 1 spiro atoms. The minimum absolute atomic E-state index is 0.00168. The van der Waals surface area contributed by atoms with Gasteiger partial charge in [-0.2, -0.15) is 0 Å². The van der Waals surface area contributed by atoms with E-state index in [1.54, 1.807) is 0 Å². The number of fused-ring (bicyclic) bond motifs is 8. The van der Waals surface area contributed by atoms with Crippen LogP contribution in [-0.4, -0.2) is 6.17 Å². The van der Waals surface area contributed by atoms with Crippen molar-refractivity contribution in [2.45, 2.75) is 17.7 Å². The fourth-order valence-electron chi connectivity index (χ4n) is 9.55. The monoisotopic (exact) mass is 617 g/mol. The Morgan fingerprint density at radius 2 is 1.38 bits per heavy atom. The predicted molar refractivity (Wildman–Crippen MR) is 197 cm³/mol. The van der Waals surface area contributed by atoms with Gasteiger partial charge in [0, 0.05) is 47.9 Å². The number of nitrogens with zero attached hydrogens (tertiary/aromatic N) is 1. The van der Waals surface area contributed by atoms with Gasteiger partial charge in [0.05, 0.1) is 17.4 Å². The summed E-state index contributed by atoms with van der Waals surface area (Å²) >= 11 is 1.95. The van der Waals surface area contributed by atoms with Crippen LogP contribution >= 0.6 is 11.3 Å². The normalized spacial score (nSPS) is 20.7. The molecule has 8 aromatic rings. The Morgan fingerprint density at radius 1 is 0.596 bits per heavy atom. The van der Waals surface area contributed by atoms with E-state index in [1.165, 1.54) is 81.1 Å². The van der Waals surface area contributed by atoms with Crippen molar-refractivity contribution >= 4 is 59.3 Å². The van der Waals surface area contributed by atoms with Crippen molar-refractivity contribution in [3.63, 3.8) is 0 Å². The van der Waals surface area contributed by atoms with Crippen molar-refractivity contribution in [1.82, 2.24) is 0 Å². The topological polar surface area (TPSA) is 27.3 Å². The molecule has 7 aromatic carbocycles. The molecule has 0 fully saturated rings. The number of hydrogen-bond donors (Lipinski definition) is 2. The molecular weight excluding hydrogens is 591 g/mol. The van der Waals surface area contributed by atoms with E-state index < -0.39 is 5.54 Å². The fourth-order valence-corrected chi connectivity index (χ4v) is 10.8. The first-order valence-electron chi connectivity index (χ1n) is 16.4. The van der Waals surface area contributed by atoms with Crippen molar-refractivity contribution in [1.29, 1.82) is 0 Å². The van der Waals surface area contributed by atoms with Crippen LogP contribution in [0.3, 0.4) is 0 Å². The number of rotatable bonds is 2. The van der Waals surface area contributed by atoms with Crippen LogP contribution in [0.1, 0.15) is 28.3 Å². The number of para-hydroxylation sites is 2. The Kier molecular flexibility index (Phi) is 4.41. The molecule has 4 aliphatic rings. The average Bonchev–Trinajstić information content (AvgIpc) is 3.83. The van der Waals surface area contributed by atoms with Gasteiger partial charge in [-0.15, -0.1) is 11.3 Å². The van der Waals surface area contributed by atoms with Gasteiger partial charge < -0.3 is 15.5 Å². The second-order valence-corrected chi connectivity index (χ2v) is 14.4. The third kappa shape index (κ3) is 2.78. The van der Waals surface area contributed by atoms with Gasteiger partial charge in [-0.3, -0.25) is 0 Å². The van der Waals surface area contributed by atoms with Gasteiger partial charge in [-0.25, -0.2) is 0 Å². The van der Waals surface area contributed by atoms with Crippen LogP contribution in [0.25, 0.3) is 53.2 Å². The lowest BCUT2D eigenvalue weighted by molar-refractivity contribution is 0.482. The Morgan fingerprint density at radius 3 is 2.30 bits per heavy atom. The van der Waals surface area contributed by atoms with Gasteiger partial charge in [-0.05, 0) is 63.5 Å². The lowest BCUT2D eigenvalue weighted by atomic mass is 9.82. The second-order valence-electron chi connectivity index (χ2n) is 13.3. The summed E-state index contributed by atoms with van der Waals surface area (Å²) in [6.45, 7) is 0. The molecule has 0 radical (unpaired) electrons. The maximum absolute atomic E-state index is 4.12. The van der Waals surface area contributed by atoms with Gasteiger partial charge in [-0.1, -0.05) is 109 Å². The molecule has 1 aromatic heterocycles. The Labute approximate surface area is 275 Å². The highest BCUT2D eigenvalue weighted by molar-refractivity contribution is 7.26. The number of anilines is 3. The smallest absolute Gasteiger partial charge is 0.125 e. The maximum Gasteiger partial charge on any atom is 0.125 e. The van der Waals surface area contributed by atoms with Gasteiger partial charge in [0.1, 0.15) is 11.7 Å². The number of benzene rings is 7. The third-order valence-electron chi connectivity index (χ3n) is 11.2. The molecule has 2 N–H and O–H groups in total. The summed E-state index contributed by atoms with van der Waals surface area (Å²) in [6.07, 6.45) is -0.0822. The molecule has 2 aliphatic carbocycles. The molecule has 0 saturated heterocycles. The fraction of sp³-hybridized carbons (Fsp3) is 0.0698. The lowest BCUT2D eigenvalue weighted by Crippen LogP contribution is -2.57. The van der Waals surface area contributed by atoms with Crippen molar-refractivity contribution in [3.05, 3.63) is 162 Å². The van der Waals surface area contributed by atoms with Crippen LogP contribution in [0.5, 0.6) is 0 Å². The summed E-state index contributed by atoms with van der Waals surface area (Å²) in [7, 11) is 0. The first-order valence-corrected chi connectivity index (χ1v) is 17.3. The van der Waals surface area contributed by atoms with Gasteiger partial charge in [0.15, 0.2) is 0 Å². The molecule has 0 bridgehead atoms. The lowest BCUT2D eigenvalue weighted by Gasteiger charge is -2.49. The highest BCUT2D eigenvalue weighted by atomic mass is 32.1. The predicted octanol–water partition coefficient (Wildman–Crippen LogP) is 10.9. The van der Waals surface area contributed by atoms with Crippen LogP contribution < -0.4 is 15.5 Å². The Balaban J connectivity index is 1.25. The molecule has 0 amide bonds. The highest BCUT2D eigenvalue weighted by Gasteiger charge is 2.62. The molecule has 3 heterocycles. The highest BCUT2D eigenvalue weighted by Crippen LogP contribution is 2.71. The van der Waals surface area contributed by atoms with E-state index in [4.69, 9.17) is 0 Å². The molecule has 12 rings (SSSR count). The van der Waals surface area contributed by atoms with E-state index in [0.717, 1.165) is 11.4 Å². The Bertz CT molecular complexity index is 2670. The molecule has 3 atom stereocenters. The molecule has 4 heteroatoms. The summed E-state index contributed by atoms with van der Waals surface area (Å²) in [5, 5.41) is 13.5. The Hall–Kier alpha value is -5.58. The molecule has 220 valence electrons. The molecule has 0 saturated carbocycles. The summed E-state index contributed by atoms with van der Waals surface area (Å²) in [5.41, 5.74) is 14.2. The molecular formula is C43H27N3S. The molecule has 2 aliphatic heterocycles. The number of nitrogens with one attached hydrogen (secondary N) is 2. The average molecular weight is 618 g/mol. The second kappa shape index (κ2) is 8.41. The summed E-state index contributed by atoms with van der Waals surface area (Å²) in [5.74, 6) is 0. The van der Waals surface area contributed by atoms with Gasteiger partial charge >= 0.3 is 0 Å². The van der Waals surface area contributed by atoms with E-state index >= 15 is 0 Å². The molecule has 3 nitrogen and oxygen atoms in total. The van der Waals surface area contributed by atoms with Gasteiger partial charge in [0.2, 0.25) is 0 Å². The maximum atomic E-state index is 4.12. The SMILES string of the molecule is c1ccc(C2Nc3ccccc3NC2N2c3cccc4ccc5c(c34)C23c2ccccc2-c2c3c-5cc3c2sc2ccccc23)cc1. The van der Waals surface area contributed by atoms with E-state index in [-0.39, 0.29) is 12.2 Å². The van der Waals surface area contributed by atoms with Crippen LogP contribution in [0, 0.1) is 0 Å². The van der Waals surface area contributed by atoms with Crippen molar-refractivity contribution < 1.29 is 0 Å². The minimum atomic E-state index is -0.469. The quantitative estimate of drug-likeness (QED) is 0.202. The zero-order chi connectivity index (χ0) is 30.4. The third-order valence-corrected chi connectivity index (χ3v) is 12.4. The summed E-state index contributed by atoms with van der Waals surface area (Å²) < 4.78 is 2.75. The van der Waals surface area contributed by atoms with E-state index in [1.807, 2.05) is 11.3 Å². The van der Waals surface area contributed by atoms with Crippen LogP contribution in [0.15, 0.2) is 140 Å². The zero-order valence-corrected chi connectivity index (χ0v) is 26.1.